The van der Waals surface area contributed by atoms with Gasteiger partial charge in [0.2, 0.25) is 5.82 Å². The van der Waals surface area contributed by atoms with Crippen molar-refractivity contribution in [2.24, 2.45) is 0 Å². The molecule has 0 N–H and O–H groups in total. The number of carbonyl (C=O) groups excluding carboxylic acids is 1. The predicted octanol–water partition coefficient (Wildman–Crippen LogP) is 4.58. The number of aryl methyl sites for hydroxylation is 1. The van der Waals surface area contributed by atoms with Crippen LogP contribution in [-0.2, 0) is 25.9 Å². The van der Waals surface area contributed by atoms with Crippen molar-refractivity contribution < 1.29 is 40.4 Å². The van der Waals surface area contributed by atoms with Gasteiger partial charge in [-0.1, -0.05) is 5.16 Å². The number of ether oxygens (including phenoxy) is 2. The molecule has 0 radical (unpaired) electrons. The minimum absolute atomic E-state index is 0.0263. The molecular formula is C25H19F3N4O6S. The van der Waals surface area contributed by atoms with Crippen molar-refractivity contribution >= 4 is 26.7 Å². The molecule has 4 aromatic rings. The molecule has 2 aromatic heterocycles. The molecule has 0 fully saturated rings. The van der Waals surface area contributed by atoms with E-state index in [1.54, 1.807) is 24.3 Å². The number of alkyl halides is 3. The van der Waals surface area contributed by atoms with Gasteiger partial charge in [0, 0.05) is 46.4 Å². The second-order valence-corrected chi connectivity index (χ2v) is 10.9. The summed E-state index contributed by atoms with van der Waals surface area (Å²) in [5, 5.41) is 13.5. The summed E-state index contributed by atoms with van der Waals surface area (Å²) in [6.07, 6.45) is -3.25. The first kappa shape index (κ1) is 26.2. The number of hydrogen-bond acceptors (Lipinski definition) is 9. The summed E-state index contributed by atoms with van der Waals surface area (Å²) in [6, 6.07) is 9.92. The highest BCUT2D eigenvalue weighted by Crippen LogP contribution is 2.43. The van der Waals surface area contributed by atoms with Gasteiger partial charge in [-0.25, -0.2) is 8.42 Å². The number of aromatic nitrogens is 3. The monoisotopic (exact) mass is 560 g/mol. The molecule has 1 aliphatic rings. The Kier molecular flexibility index (Phi) is 6.34. The lowest BCUT2D eigenvalue weighted by Gasteiger charge is -2.10. The average Bonchev–Trinajstić information content (AvgIpc) is 3.57. The SMILES string of the molecule is COC(=O)CC1CCn2c1c(S(C)(=O)=O)c1cc(-c3noc(-c4cc(C#N)cc(OC(F)(F)F)c4)n3)ccc12. The van der Waals surface area contributed by atoms with Gasteiger partial charge in [0.25, 0.3) is 5.89 Å². The minimum atomic E-state index is -4.97. The van der Waals surface area contributed by atoms with Gasteiger partial charge >= 0.3 is 12.3 Å². The number of rotatable bonds is 6. The Morgan fingerprint density at radius 1 is 1.23 bits per heavy atom. The number of fused-ring (bicyclic) bond motifs is 3. The third-order valence-electron chi connectivity index (χ3n) is 6.36. The first-order valence-electron chi connectivity index (χ1n) is 11.5. The second-order valence-electron chi connectivity index (χ2n) is 8.96. The van der Waals surface area contributed by atoms with Gasteiger partial charge in [-0.3, -0.25) is 4.79 Å². The van der Waals surface area contributed by atoms with Crippen LogP contribution in [0.3, 0.4) is 0 Å². The summed E-state index contributed by atoms with van der Waals surface area (Å²) in [5.41, 5.74) is 1.49. The largest absolute Gasteiger partial charge is 0.573 e. The summed E-state index contributed by atoms with van der Waals surface area (Å²) in [4.78, 5) is 16.3. The van der Waals surface area contributed by atoms with Gasteiger partial charge in [0.15, 0.2) is 9.84 Å². The zero-order chi connectivity index (χ0) is 28.1. The molecule has 3 heterocycles. The minimum Gasteiger partial charge on any atom is -0.469 e. The van der Waals surface area contributed by atoms with Crippen molar-refractivity contribution in [1.82, 2.24) is 14.7 Å². The molecule has 5 rings (SSSR count). The Hall–Kier alpha value is -4.38. The number of esters is 1. The molecule has 0 saturated heterocycles. The van der Waals surface area contributed by atoms with E-state index in [1.807, 2.05) is 4.57 Å². The summed E-state index contributed by atoms with van der Waals surface area (Å²) < 4.78 is 79.8. The normalized spacial score (nSPS) is 15.2. The quantitative estimate of drug-likeness (QED) is 0.310. The van der Waals surface area contributed by atoms with Crippen molar-refractivity contribution in [3.8, 4) is 34.7 Å². The lowest BCUT2D eigenvalue weighted by atomic mass is 10.00. The first-order chi connectivity index (χ1) is 18.4. The van der Waals surface area contributed by atoms with E-state index in [4.69, 9.17) is 9.26 Å². The van der Waals surface area contributed by atoms with Crippen LogP contribution in [0.25, 0.3) is 33.7 Å². The van der Waals surface area contributed by atoms with Crippen LogP contribution in [0.5, 0.6) is 5.75 Å². The third-order valence-corrected chi connectivity index (χ3v) is 7.53. The van der Waals surface area contributed by atoms with Gasteiger partial charge in [0.1, 0.15) is 5.75 Å². The van der Waals surface area contributed by atoms with Crippen molar-refractivity contribution in [1.29, 1.82) is 5.26 Å². The lowest BCUT2D eigenvalue weighted by Crippen LogP contribution is -2.17. The molecule has 0 saturated carbocycles. The van der Waals surface area contributed by atoms with Crippen LogP contribution in [0.2, 0.25) is 0 Å². The van der Waals surface area contributed by atoms with Crippen LogP contribution in [-0.4, -0.2) is 48.8 Å². The Morgan fingerprint density at radius 2 is 2.00 bits per heavy atom. The van der Waals surface area contributed by atoms with Crippen molar-refractivity contribution in [3.63, 3.8) is 0 Å². The molecule has 0 bridgehead atoms. The maximum absolute atomic E-state index is 12.9. The highest BCUT2D eigenvalue weighted by Gasteiger charge is 2.35. The number of nitriles is 1. The van der Waals surface area contributed by atoms with E-state index < -0.39 is 27.9 Å². The maximum atomic E-state index is 12.9. The average molecular weight is 561 g/mol. The van der Waals surface area contributed by atoms with Gasteiger partial charge in [-0.2, -0.15) is 10.2 Å². The number of carbonyl (C=O) groups is 1. The van der Waals surface area contributed by atoms with E-state index in [1.165, 1.54) is 13.2 Å². The number of benzene rings is 2. The van der Waals surface area contributed by atoms with Gasteiger partial charge in [0.05, 0.1) is 30.1 Å². The number of nitrogens with zero attached hydrogens (tertiary/aromatic N) is 4. The summed E-state index contributed by atoms with van der Waals surface area (Å²) in [5.74, 6) is -1.53. The maximum Gasteiger partial charge on any atom is 0.573 e. The molecule has 10 nitrogen and oxygen atoms in total. The predicted molar refractivity (Wildman–Crippen MR) is 129 cm³/mol. The van der Waals surface area contributed by atoms with Crippen LogP contribution >= 0.6 is 0 Å². The third kappa shape index (κ3) is 5.05. The zero-order valence-electron chi connectivity index (χ0n) is 20.4. The van der Waals surface area contributed by atoms with Gasteiger partial charge in [-0.15, -0.1) is 13.2 Å². The van der Waals surface area contributed by atoms with Crippen molar-refractivity contribution in [2.75, 3.05) is 13.4 Å². The summed E-state index contributed by atoms with van der Waals surface area (Å²) >= 11 is 0. The smallest absolute Gasteiger partial charge is 0.469 e. The van der Waals surface area contributed by atoms with E-state index in [9.17, 15) is 31.6 Å². The molecule has 2 aromatic carbocycles. The molecule has 0 aliphatic carbocycles. The molecule has 202 valence electrons. The fourth-order valence-electron chi connectivity index (χ4n) is 4.86. The second kappa shape index (κ2) is 9.42. The van der Waals surface area contributed by atoms with E-state index in [-0.39, 0.29) is 40.1 Å². The molecular weight excluding hydrogens is 541 g/mol. The standard InChI is InChI=1S/C25H19F3N4O6S/c1-36-20(33)11-14-5-6-32-19-4-3-15(10-18(19)22(21(14)32)39(2,34)35)23-30-24(38-31-23)16-7-13(12-29)8-17(9-16)37-25(26,27)28/h3-4,7-10,14H,5-6,11H2,1-2H3. The van der Waals surface area contributed by atoms with E-state index >= 15 is 0 Å². The number of sulfone groups is 1. The fraction of sp³-hybridized carbons (Fsp3) is 0.280. The van der Waals surface area contributed by atoms with Crippen LogP contribution in [0.1, 0.15) is 30.0 Å². The topological polar surface area (TPSA) is 137 Å². The van der Waals surface area contributed by atoms with Gasteiger partial charge in [-0.05, 0) is 42.8 Å². The number of halogens is 3. The lowest BCUT2D eigenvalue weighted by molar-refractivity contribution is -0.274. The molecule has 0 amide bonds. The van der Waals surface area contributed by atoms with E-state index in [2.05, 4.69) is 14.9 Å². The Labute approximate surface area is 219 Å². The summed E-state index contributed by atoms with van der Waals surface area (Å²) in [7, 11) is -2.45. The highest BCUT2D eigenvalue weighted by molar-refractivity contribution is 7.91. The van der Waals surface area contributed by atoms with Crippen LogP contribution in [0, 0.1) is 11.3 Å². The molecule has 39 heavy (non-hydrogen) atoms. The van der Waals surface area contributed by atoms with Crippen molar-refractivity contribution in [2.45, 2.75) is 36.6 Å². The van der Waals surface area contributed by atoms with Gasteiger partial charge < -0.3 is 18.6 Å². The number of methoxy groups -OCH3 is 1. The Bertz CT molecular complexity index is 1770. The highest BCUT2D eigenvalue weighted by atomic mass is 32.2. The number of hydrogen-bond donors (Lipinski definition) is 0. The van der Waals surface area contributed by atoms with Crippen LogP contribution in [0.15, 0.2) is 45.8 Å². The first-order valence-corrected chi connectivity index (χ1v) is 13.4. The fourth-order valence-corrected chi connectivity index (χ4v) is 6.08. The van der Waals surface area contributed by atoms with E-state index in [0.29, 0.717) is 35.1 Å². The van der Waals surface area contributed by atoms with E-state index in [0.717, 1.165) is 18.4 Å². The van der Waals surface area contributed by atoms with Crippen molar-refractivity contribution in [3.05, 3.63) is 47.7 Å². The molecule has 1 aliphatic heterocycles. The summed E-state index contributed by atoms with van der Waals surface area (Å²) in [6.45, 7) is 0.520. The Balaban J connectivity index is 1.58. The zero-order valence-corrected chi connectivity index (χ0v) is 21.3. The molecule has 14 heteroatoms. The van der Waals surface area contributed by atoms with Crippen LogP contribution < -0.4 is 4.74 Å². The van der Waals surface area contributed by atoms with Crippen LogP contribution in [0.4, 0.5) is 13.2 Å². The molecule has 0 spiro atoms. The molecule has 1 atom stereocenters. The Morgan fingerprint density at radius 3 is 2.67 bits per heavy atom. The molecule has 1 unspecified atom stereocenters.